The van der Waals surface area contributed by atoms with E-state index in [-0.39, 0.29) is 19.2 Å². The molecule has 1 amide bonds. The summed E-state index contributed by atoms with van der Waals surface area (Å²) in [5, 5.41) is 21.5. The Morgan fingerprint density at radius 1 is 1.20 bits per heavy atom. The first-order chi connectivity index (χ1) is 11.9. The Balaban J connectivity index is 2.09. The van der Waals surface area contributed by atoms with Crippen LogP contribution in [0.5, 0.6) is 0 Å². The van der Waals surface area contributed by atoms with Crippen molar-refractivity contribution in [1.29, 1.82) is 0 Å². The quantitative estimate of drug-likeness (QED) is 0.414. The summed E-state index contributed by atoms with van der Waals surface area (Å²) in [4.78, 5) is 23.4. The summed E-state index contributed by atoms with van der Waals surface area (Å²) in [6.45, 7) is 3.45. The Morgan fingerprint density at radius 3 is 2.52 bits per heavy atom. The second-order valence-electron chi connectivity index (χ2n) is 6.75. The highest BCUT2D eigenvalue weighted by Gasteiger charge is 2.32. The highest BCUT2D eigenvalue weighted by molar-refractivity contribution is 5.81. The molecule has 0 aliphatic rings. The Labute approximate surface area is 149 Å². The largest absolute Gasteiger partial charge is 0.466 e. The van der Waals surface area contributed by atoms with Crippen LogP contribution in [0.3, 0.4) is 0 Å². The van der Waals surface area contributed by atoms with Gasteiger partial charge in [-0.1, -0.05) is 44.2 Å². The Morgan fingerprint density at radius 2 is 1.88 bits per heavy atom. The van der Waals surface area contributed by atoms with Gasteiger partial charge in [-0.25, -0.2) is 0 Å². The summed E-state index contributed by atoms with van der Waals surface area (Å²) in [5.74, 6) is -0.781. The number of ether oxygens (including phenoxy) is 1. The van der Waals surface area contributed by atoms with E-state index in [0.29, 0.717) is 19.4 Å². The van der Waals surface area contributed by atoms with E-state index in [1.165, 1.54) is 5.56 Å². The predicted octanol–water partition coefficient (Wildman–Crippen LogP) is 1.44. The smallest absolute Gasteiger partial charge is 0.305 e. The maximum absolute atomic E-state index is 11.7. The van der Waals surface area contributed by atoms with Gasteiger partial charge in [0.1, 0.15) is 6.10 Å². The molecule has 0 aromatic heterocycles. The lowest BCUT2D eigenvalue weighted by molar-refractivity contribution is -0.143. The molecule has 0 radical (unpaired) electrons. The summed E-state index contributed by atoms with van der Waals surface area (Å²) in [7, 11) is 0. The van der Waals surface area contributed by atoms with Crippen molar-refractivity contribution in [2.45, 2.75) is 45.6 Å². The Hall–Kier alpha value is -1.92. The lowest BCUT2D eigenvalue weighted by Gasteiger charge is -2.27. The third kappa shape index (κ3) is 8.14. The van der Waals surface area contributed by atoms with Gasteiger partial charge in [-0.2, -0.15) is 0 Å². The second-order valence-corrected chi connectivity index (χ2v) is 6.75. The normalized spacial score (nSPS) is 12.5. The van der Waals surface area contributed by atoms with E-state index in [2.05, 4.69) is 5.32 Å². The van der Waals surface area contributed by atoms with Crippen molar-refractivity contribution in [2.24, 2.45) is 5.41 Å². The van der Waals surface area contributed by atoms with Crippen LogP contribution in [-0.2, 0) is 20.7 Å². The minimum Gasteiger partial charge on any atom is -0.466 e. The number of esters is 1. The molecule has 0 fully saturated rings. The Bertz CT molecular complexity index is 530. The van der Waals surface area contributed by atoms with Crippen molar-refractivity contribution in [1.82, 2.24) is 5.32 Å². The van der Waals surface area contributed by atoms with Crippen LogP contribution in [-0.4, -0.2) is 48.0 Å². The van der Waals surface area contributed by atoms with Crippen LogP contribution >= 0.6 is 0 Å². The third-order valence-corrected chi connectivity index (χ3v) is 3.97. The van der Waals surface area contributed by atoms with Crippen molar-refractivity contribution >= 4 is 11.9 Å². The minimum atomic E-state index is -1.28. The molecule has 0 aliphatic heterocycles. The van der Waals surface area contributed by atoms with Crippen LogP contribution in [0.4, 0.5) is 0 Å². The molecule has 1 aromatic rings. The fraction of sp³-hybridized carbons (Fsp3) is 0.579. The second kappa shape index (κ2) is 10.8. The maximum atomic E-state index is 11.7. The summed E-state index contributed by atoms with van der Waals surface area (Å²) in [5.41, 5.74) is 0.303. The first-order valence-electron chi connectivity index (χ1n) is 8.63. The zero-order valence-corrected chi connectivity index (χ0v) is 15.0. The van der Waals surface area contributed by atoms with Crippen molar-refractivity contribution in [3.63, 3.8) is 0 Å². The van der Waals surface area contributed by atoms with Crippen molar-refractivity contribution in [2.75, 3.05) is 19.8 Å². The highest BCUT2D eigenvalue weighted by Crippen LogP contribution is 2.19. The number of carbonyl (C=O) groups is 2. The van der Waals surface area contributed by atoms with E-state index < -0.39 is 17.4 Å². The van der Waals surface area contributed by atoms with E-state index in [9.17, 15) is 14.7 Å². The number of aryl methyl sites for hydroxylation is 1. The van der Waals surface area contributed by atoms with Crippen LogP contribution in [0.15, 0.2) is 30.3 Å². The molecular weight excluding hydrogens is 322 g/mol. The van der Waals surface area contributed by atoms with Gasteiger partial charge in [0.15, 0.2) is 0 Å². The molecule has 0 heterocycles. The first-order valence-corrected chi connectivity index (χ1v) is 8.63. The van der Waals surface area contributed by atoms with Gasteiger partial charge < -0.3 is 20.3 Å². The molecule has 0 saturated carbocycles. The van der Waals surface area contributed by atoms with Crippen molar-refractivity contribution in [3.05, 3.63) is 35.9 Å². The topological polar surface area (TPSA) is 95.9 Å². The third-order valence-electron chi connectivity index (χ3n) is 3.97. The summed E-state index contributed by atoms with van der Waals surface area (Å²) in [6, 6.07) is 9.96. The van der Waals surface area contributed by atoms with E-state index in [1.54, 1.807) is 13.8 Å². The number of hydrogen-bond acceptors (Lipinski definition) is 5. The zero-order chi connectivity index (χ0) is 18.7. The molecule has 0 saturated heterocycles. The molecule has 1 atom stereocenters. The number of aliphatic hydroxyl groups is 2. The molecule has 0 aliphatic carbocycles. The monoisotopic (exact) mass is 351 g/mol. The molecule has 0 bridgehead atoms. The van der Waals surface area contributed by atoms with E-state index in [1.807, 2.05) is 30.3 Å². The average Bonchev–Trinajstić information content (AvgIpc) is 2.61. The van der Waals surface area contributed by atoms with Crippen LogP contribution in [0.1, 0.15) is 38.7 Å². The molecule has 6 heteroatoms. The molecule has 6 nitrogen and oxygen atoms in total. The SMILES string of the molecule is CC(C)(CO)[C@@H](O)C(=O)NCCCOC(=O)CCCc1ccccc1. The van der Waals surface area contributed by atoms with E-state index in [0.717, 1.165) is 12.8 Å². The first kappa shape index (κ1) is 21.1. The molecule has 25 heavy (non-hydrogen) atoms. The summed E-state index contributed by atoms with van der Waals surface area (Å²) >= 11 is 0. The van der Waals surface area contributed by atoms with Gasteiger partial charge in [0.05, 0.1) is 13.2 Å². The Kier molecular flexibility index (Phi) is 9.16. The number of hydrogen-bond donors (Lipinski definition) is 3. The molecular formula is C19H29NO5. The van der Waals surface area contributed by atoms with Gasteiger partial charge in [-0.05, 0) is 24.8 Å². The number of rotatable bonds is 11. The molecule has 1 aromatic carbocycles. The molecule has 0 unspecified atom stereocenters. The van der Waals surface area contributed by atoms with Gasteiger partial charge in [0.2, 0.25) is 5.91 Å². The van der Waals surface area contributed by atoms with Crippen LogP contribution in [0.25, 0.3) is 0 Å². The fourth-order valence-corrected chi connectivity index (χ4v) is 2.16. The lowest BCUT2D eigenvalue weighted by atomic mass is 9.87. The number of benzene rings is 1. The van der Waals surface area contributed by atoms with Gasteiger partial charge in [-0.15, -0.1) is 0 Å². The summed E-state index contributed by atoms with van der Waals surface area (Å²) in [6.07, 6.45) is 1.14. The van der Waals surface area contributed by atoms with Crippen LogP contribution in [0.2, 0.25) is 0 Å². The van der Waals surface area contributed by atoms with Gasteiger partial charge >= 0.3 is 5.97 Å². The highest BCUT2D eigenvalue weighted by atomic mass is 16.5. The number of nitrogens with one attached hydrogen (secondary N) is 1. The van der Waals surface area contributed by atoms with Crippen LogP contribution in [0, 0.1) is 5.41 Å². The fourth-order valence-electron chi connectivity index (χ4n) is 2.16. The van der Waals surface area contributed by atoms with Gasteiger partial charge in [-0.3, -0.25) is 9.59 Å². The number of carbonyl (C=O) groups excluding carboxylic acids is 2. The van der Waals surface area contributed by atoms with Crippen molar-refractivity contribution < 1.29 is 24.5 Å². The van der Waals surface area contributed by atoms with Crippen LogP contribution < -0.4 is 5.32 Å². The number of amides is 1. The summed E-state index contributed by atoms with van der Waals surface area (Å²) < 4.78 is 5.12. The zero-order valence-electron chi connectivity index (χ0n) is 15.0. The number of aliphatic hydroxyl groups excluding tert-OH is 2. The molecule has 140 valence electrons. The predicted molar refractivity (Wildman–Crippen MR) is 94.8 cm³/mol. The molecule has 1 rings (SSSR count). The standard InChI is InChI=1S/C19H29NO5/c1-19(2,14-21)17(23)18(24)20-12-7-13-25-16(22)11-6-10-15-8-4-3-5-9-15/h3-5,8-9,17,21,23H,6-7,10-14H2,1-2H3,(H,20,24)/t17-/m0/s1. The minimum absolute atomic E-state index is 0.226. The maximum Gasteiger partial charge on any atom is 0.305 e. The molecule has 0 spiro atoms. The van der Waals surface area contributed by atoms with Gasteiger partial charge in [0.25, 0.3) is 0 Å². The van der Waals surface area contributed by atoms with Crippen molar-refractivity contribution in [3.8, 4) is 0 Å². The van der Waals surface area contributed by atoms with Gasteiger partial charge in [0, 0.05) is 18.4 Å². The van der Waals surface area contributed by atoms with E-state index >= 15 is 0 Å². The van der Waals surface area contributed by atoms with E-state index in [4.69, 9.17) is 9.84 Å². The lowest BCUT2D eigenvalue weighted by Crippen LogP contribution is -2.45. The molecule has 3 N–H and O–H groups in total. The average molecular weight is 351 g/mol.